The number of pyridine rings is 1. The van der Waals surface area contributed by atoms with Gasteiger partial charge >= 0.3 is 0 Å². The summed E-state index contributed by atoms with van der Waals surface area (Å²) in [6.45, 7) is 2.60. The summed E-state index contributed by atoms with van der Waals surface area (Å²) in [5.41, 5.74) is 3.03. The van der Waals surface area contributed by atoms with Crippen molar-refractivity contribution in [3.8, 4) is 11.4 Å². The van der Waals surface area contributed by atoms with Crippen molar-refractivity contribution in [2.24, 2.45) is 0 Å². The number of aryl methyl sites for hydroxylation is 1. The zero-order valence-electron chi connectivity index (χ0n) is 13.6. The molecule has 0 fully saturated rings. The van der Waals surface area contributed by atoms with Crippen molar-refractivity contribution in [3.05, 3.63) is 63.6 Å². The van der Waals surface area contributed by atoms with Gasteiger partial charge in [0.1, 0.15) is 11.5 Å². The summed E-state index contributed by atoms with van der Waals surface area (Å²) in [7, 11) is 0. The molecule has 2 N–H and O–H groups in total. The van der Waals surface area contributed by atoms with Gasteiger partial charge in [-0.05, 0) is 31.5 Å². The third kappa shape index (κ3) is 2.82. The number of rotatable bonds is 2. The molecule has 3 aromatic heterocycles. The van der Waals surface area contributed by atoms with Crippen LogP contribution >= 0.6 is 0 Å². The zero-order valence-corrected chi connectivity index (χ0v) is 13.6. The highest BCUT2D eigenvalue weighted by molar-refractivity contribution is 5.92. The van der Waals surface area contributed by atoms with Crippen molar-refractivity contribution < 1.29 is 4.79 Å². The van der Waals surface area contributed by atoms with Crippen LogP contribution in [0.4, 0.5) is 0 Å². The number of fused-ring (bicyclic) bond motifs is 1. The summed E-state index contributed by atoms with van der Waals surface area (Å²) >= 11 is 0. The number of carbonyl (C=O) groups is 1. The van der Waals surface area contributed by atoms with Gasteiger partial charge in [-0.25, -0.2) is 4.98 Å². The maximum Gasteiger partial charge on any atom is 0.274 e. The highest BCUT2D eigenvalue weighted by atomic mass is 16.2. The Morgan fingerprint density at radius 2 is 2.24 bits per heavy atom. The lowest BCUT2D eigenvalue weighted by Crippen LogP contribution is -2.39. The van der Waals surface area contributed by atoms with E-state index in [0.717, 1.165) is 11.3 Å². The van der Waals surface area contributed by atoms with E-state index in [1.165, 1.54) is 0 Å². The number of nitrogens with one attached hydrogen (secondary N) is 2. The fraction of sp³-hybridized carbons (Fsp3) is 0.235. The standard InChI is InChI=1S/C17H16N6O2/c1-10-7-13(22-21-10)17(25)23-6-4-12-14(9-23)19-15(20-16(12)24)11-3-2-5-18-8-11/h2-3,5,7-8H,4,6,9H2,1H3,(H,21,22)(H,19,20,24). The predicted molar refractivity (Wildman–Crippen MR) is 89.9 cm³/mol. The third-order valence-electron chi connectivity index (χ3n) is 4.22. The number of aromatic nitrogens is 5. The first-order valence-electron chi connectivity index (χ1n) is 7.95. The highest BCUT2D eigenvalue weighted by Gasteiger charge is 2.26. The lowest BCUT2D eigenvalue weighted by atomic mass is 10.1. The van der Waals surface area contributed by atoms with Gasteiger partial charge in [0.25, 0.3) is 11.5 Å². The van der Waals surface area contributed by atoms with Crippen molar-refractivity contribution >= 4 is 5.91 Å². The van der Waals surface area contributed by atoms with Crippen molar-refractivity contribution in [2.45, 2.75) is 19.9 Å². The second kappa shape index (κ2) is 5.97. The van der Waals surface area contributed by atoms with E-state index in [0.29, 0.717) is 35.7 Å². The van der Waals surface area contributed by atoms with Crippen molar-refractivity contribution in [1.82, 2.24) is 30.0 Å². The highest BCUT2D eigenvalue weighted by Crippen LogP contribution is 2.19. The van der Waals surface area contributed by atoms with Gasteiger partial charge < -0.3 is 9.88 Å². The summed E-state index contributed by atoms with van der Waals surface area (Å²) in [5, 5.41) is 6.79. The summed E-state index contributed by atoms with van der Waals surface area (Å²) in [6.07, 6.45) is 3.77. The van der Waals surface area contributed by atoms with Crippen LogP contribution in [0.2, 0.25) is 0 Å². The van der Waals surface area contributed by atoms with E-state index in [2.05, 4.69) is 25.1 Å². The van der Waals surface area contributed by atoms with Crippen LogP contribution in [-0.4, -0.2) is 42.5 Å². The SMILES string of the molecule is Cc1cc(C(=O)N2CCc3c(nc(-c4cccnc4)[nH]c3=O)C2)n[nH]1. The number of nitrogens with zero attached hydrogens (tertiary/aromatic N) is 4. The van der Waals surface area contributed by atoms with Crippen LogP contribution in [0.25, 0.3) is 11.4 Å². The first-order chi connectivity index (χ1) is 12.1. The molecule has 0 spiro atoms. The van der Waals surface area contributed by atoms with Gasteiger partial charge in [0.2, 0.25) is 0 Å². The number of H-pyrrole nitrogens is 2. The van der Waals surface area contributed by atoms with Crippen molar-refractivity contribution in [3.63, 3.8) is 0 Å². The van der Waals surface area contributed by atoms with Crippen LogP contribution in [0.3, 0.4) is 0 Å². The van der Waals surface area contributed by atoms with Gasteiger partial charge in [-0.1, -0.05) is 0 Å². The zero-order chi connectivity index (χ0) is 17.4. The van der Waals surface area contributed by atoms with Crippen LogP contribution in [0.1, 0.15) is 27.4 Å². The van der Waals surface area contributed by atoms with E-state index in [1.54, 1.807) is 29.4 Å². The molecule has 8 nitrogen and oxygen atoms in total. The molecule has 0 atom stereocenters. The second-order valence-electron chi connectivity index (χ2n) is 5.99. The first kappa shape index (κ1) is 15.3. The lowest BCUT2D eigenvalue weighted by molar-refractivity contribution is 0.0725. The lowest BCUT2D eigenvalue weighted by Gasteiger charge is -2.27. The molecule has 0 aliphatic carbocycles. The van der Waals surface area contributed by atoms with Gasteiger partial charge in [0.15, 0.2) is 0 Å². The van der Waals surface area contributed by atoms with E-state index in [9.17, 15) is 9.59 Å². The average molecular weight is 336 g/mol. The Labute approximate surface area is 143 Å². The number of hydrogen-bond donors (Lipinski definition) is 2. The van der Waals surface area contributed by atoms with Crippen molar-refractivity contribution in [1.29, 1.82) is 0 Å². The third-order valence-corrected chi connectivity index (χ3v) is 4.22. The summed E-state index contributed by atoms with van der Waals surface area (Å²) in [5.74, 6) is 0.293. The Bertz CT molecular complexity index is 992. The molecule has 3 aromatic rings. The van der Waals surface area contributed by atoms with Crippen LogP contribution < -0.4 is 5.56 Å². The fourth-order valence-electron chi connectivity index (χ4n) is 2.94. The smallest absolute Gasteiger partial charge is 0.274 e. The second-order valence-corrected chi connectivity index (χ2v) is 5.99. The summed E-state index contributed by atoms with van der Waals surface area (Å²) < 4.78 is 0. The summed E-state index contributed by atoms with van der Waals surface area (Å²) in [6, 6.07) is 5.32. The molecule has 1 aliphatic heterocycles. The van der Waals surface area contributed by atoms with Crippen LogP contribution in [0, 0.1) is 6.92 Å². The van der Waals surface area contributed by atoms with Crippen LogP contribution in [0.15, 0.2) is 35.4 Å². The van der Waals surface area contributed by atoms with Crippen LogP contribution in [-0.2, 0) is 13.0 Å². The van der Waals surface area contributed by atoms with E-state index in [1.807, 2.05) is 13.0 Å². The van der Waals surface area contributed by atoms with Gasteiger partial charge in [-0.3, -0.25) is 19.7 Å². The number of amides is 1. The number of hydrogen-bond acceptors (Lipinski definition) is 5. The van der Waals surface area contributed by atoms with Crippen LogP contribution in [0.5, 0.6) is 0 Å². The Morgan fingerprint density at radius 1 is 1.36 bits per heavy atom. The van der Waals surface area contributed by atoms with Gasteiger partial charge in [-0.2, -0.15) is 5.10 Å². The molecule has 0 aromatic carbocycles. The largest absolute Gasteiger partial charge is 0.331 e. The first-order valence-corrected chi connectivity index (χ1v) is 7.95. The molecule has 0 saturated heterocycles. The molecule has 25 heavy (non-hydrogen) atoms. The number of carbonyl (C=O) groups excluding carboxylic acids is 1. The van der Waals surface area contributed by atoms with Gasteiger partial charge in [-0.15, -0.1) is 0 Å². The molecule has 0 unspecified atom stereocenters. The Balaban J connectivity index is 1.67. The van der Waals surface area contributed by atoms with E-state index >= 15 is 0 Å². The Morgan fingerprint density at radius 3 is 2.96 bits per heavy atom. The Hall–Kier alpha value is -3.29. The molecule has 4 heterocycles. The van der Waals surface area contributed by atoms with E-state index < -0.39 is 0 Å². The molecular formula is C17H16N6O2. The predicted octanol–water partition coefficient (Wildman–Crippen LogP) is 1.06. The van der Waals surface area contributed by atoms with E-state index in [4.69, 9.17) is 0 Å². The van der Waals surface area contributed by atoms with Gasteiger partial charge in [0, 0.05) is 35.8 Å². The molecule has 0 bridgehead atoms. The molecule has 8 heteroatoms. The van der Waals surface area contributed by atoms with E-state index in [-0.39, 0.29) is 18.0 Å². The Kier molecular flexibility index (Phi) is 3.64. The molecule has 4 rings (SSSR count). The minimum Gasteiger partial charge on any atom is -0.331 e. The quantitative estimate of drug-likeness (QED) is 0.727. The summed E-state index contributed by atoms with van der Waals surface area (Å²) in [4.78, 5) is 38.0. The average Bonchev–Trinajstić information content (AvgIpc) is 3.07. The van der Waals surface area contributed by atoms with Crippen molar-refractivity contribution in [2.75, 3.05) is 6.54 Å². The topological polar surface area (TPSA) is 108 Å². The maximum atomic E-state index is 12.6. The molecule has 0 saturated carbocycles. The molecule has 1 amide bonds. The molecule has 0 radical (unpaired) electrons. The maximum absolute atomic E-state index is 12.6. The fourth-order valence-corrected chi connectivity index (χ4v) is 2.94. The minimum atomic E-state index is -0.167. The minimum absolute atomic E-state index is 0.161. The normalized spacial score (nSPS) is 13.6. The monoisotopic (exact) mass is 336 g/mol. The molecule has 1 aliphatic rings. The molecular weight excluding hydrogens is 320 g/mol. The number of aromatic amines is 2. The van der Waals surface area contributed by atoms with Gasteiger partial charge in [0.05, 0.1) is 12.2 Å². The molecule has 126 valence electrons.